The third-order valence-electron chi connectivity index (χ3n) is 3.54. The molecule has 1 aliphatic heterocycles. The van der Waals surface area contributed by atoms with E-state index in [0.29, 0.717) is 25.3 Å². The van der Waals surface area contributed by atoms with Crippen LogP contribution in [0.2, 0.25) is 0 Å². The maximum Gasteiger partial charge on any atom is 0.325 e. The van der Waals surface area contributed by atoms with Gasteiger partial charge in [0, 0.05) is 18.9 Å². The van der Waals surface area contributed by atoms with Crippen LogP contribution in [0.25, 0.3) is 0 Å². The minimum Gasteiger partial charge on any atom is -0.323 e. The van der Waals surface area contributed by atoms with Crippen LogP contribution in [-0.4, -0.2) is 33.9 Å². The SMILES string of the molecule is CC(C)CC1(C)NC(=O)N(CCc2ccncc2)C1=O. The number of carbonyl (C=O) groups excluding carboxylic acids is 2. The predicted octanol–water partition coefficient (Wildman–Crippen LogP) is 1.98. The highest BCUT2D eigenvalue weighted by Crippen LogP contribution is 2.25. The lowest BCUT2D eigenvalue weighted by Gasteiger charge is -2.23. The van der Waals surface area contributed by atoms with Crippen molar-refractivity contribution in [2.24, 2.45) is 5.92 Å². The summed E-state index contributed by atoms with van der Waals surface area (Å²) in [6, 6.07) is 3.50. The van der Waals surface area contributed by atoms with Gasteiger partial charge in [0.2, 0.25) is 0 Å². The van der Waals surface area contributed by atoms with E-state index < -0.39 is 5.54 Å². The van der Waals surface area contributed by atoms with Crippen LogP contribution in [0.5, 0.6) is 0 Å². The lowest BCUT2D eigenvalue weighted by Crippen LogP contribution is -2.45. The Hall–Kier alpha value is -1.91. The molecule has 0 saturated carbocycles. The van der Waals surface area contributed by atoms with Crippen molar-refractivity contribution < 1.29 is 9.59 Å². The van der Waals surface area contributed by atoms with E-state index in [9.17, 15) is 9.59 Å². The van der Waals surface area contributed by atoms with E-state index in [2.05, 4.69) is 10.3 Å². The summed E-state index contributed by atoms with van der Waals surface area (Å²) in [6.45, 7) is 6.30. The van der Waals surface area contributed by atoms with Gasteiger partial charge in [-0.15, -0.1) is 0 Å². The molecule has 108 valence electrons. The van der Waals surface area contributed by atoms with Crippen molar-refractivity contribution in [2.45, 2.75) is 39.2 Å². The van der Waals surface area contributed by atoms with E-state index >= 15 is 0 Å². The van der Waals surface area contributed by atoms with Gasteiger partial charge in [0.15, 0.2) is 0 Å². The molecule has 0 bridgehead atoms. The van der Waals surface area contributed by atoms with E-state index in [4.69, 9.17) is 0 Å². The van der Waals surface area contributed by atoms with Gasteiger partial charge in [-0.25, -0.2) is 4.79 Å². The number of hydrogen-bond acceptors (Lipinski definition) is 3. The number of rotatable bonds is 5. The molecule has 1 fully saturated rings. The molecule has 1 unspecified atom stereocenters. The van der Waals surface area contributed by atoms with Gasteiger partial charge in [0.25, 0.3) is 5.91 Å². The molecule has 0 radical (unpaired) electrons. The van der Waals surface area contributed by atoms with Crippen molar-refractivity contribution in [3.8, 4) is 0 Å². The quantitative estimate of drug-likeness (QED) is 0.836. The van der Waals surface area contributed by atoms with Crippen molar-refractivity contribution >= 4 is 11.9 Å². The Bertz CT molecular complexity index is 501. The van der Waals surface area contributed by atoms with Gasteiger partial charge in [-0.2, -0.15) is 0 Å². The van der Waals surface area contributed by atoms with E-state index in [1.807, 2.05) is 26.0 Å². The van der Waals surface area contributed by atoms with E-state index in [-0.39, 0.29) is 11.9 Å². The molecule has 1 N–H and O–H groups in total. The van der Waals surface area contributed by atoms with Crippen LogP contribution < -0.4 is 5.32 Å². The summed E-state index contributed by atoms with van der Waals surface area (Å²) in [5, 5.41) is 2.82. The zero-order valence-electron chi connectivity index (χ0n) is 12.2. The third kappa shape index (κ3) is 2.98. The summed E-state index contributed by atoms with van der Waals surface area (Å²) < 4.78 is 0. The molecule has 5 nitrogen and oxygen atoms in total. The normalized spacial score (nSPS) is 22.5. The van der Waals surface area contributed by atoms with Gasteiger partial charge in [0.05, 0.1) is 0 Å². The zero-order chi connectivity index (χ0) is 14.8. The monoisotopic (exact) mass is 275 g/mol. The van der Waals surface area contributed by atoms with Crippen molar-refractivity contribution in [3.05, 3.63) is 30.1 Å². The second-order valence-electron chi connectivity index (χ2n) is 5.92. The van der Waals surface area contributed by atoms with Gasteiger partial charge < -0.3 is 5.32 Å². The molecular formula is C15H21N3O2. The highest BCUT2D eigenvalue weighted by atomic mass is 16.2. The number of amides is 3. The number of nitrogens with one attached hydrogen (secondary N) is 1. The van der Waals surface area contributed by atoms with Crippen LogP contribution >= 0.6 is 0 Å². The number of aromatic nitrogens is 1. The molecule has 0 aliphatic carbocycles. The van der Waals surface area contributed by atoms with Crippen molar-refractivity contribution in [1.82, 2.24) is 15.2 Å². The average Bonchev–Trinajstić information content (AvgIpc) is 2.58. The van der Waals surface area contributed by atoms with E-state index in [1.54, 1.807) is 19.3 Å². The Kier molecular flexibility index (Phi) is 4.06. The maximum atomic E-state index is 12.4. The predicted molar refractivity (Wildman–Crippen MR) is 76.0 cm³/mol. The fourth-order valence-electron chi connectivity index (χ4n) is 2.70. The fourth-order valence-corrected chi connectivity index (χ4v) is 2.70. The molecule has 1 aliphatic rings. The average molecular weight is 275 g/mol. The molecule has 5 heteroatoms. The molecule has 20 heavy (non-hydrogen) atoms. The van der Waals surface area contributed by atoms with Crippen LogP contribution in [0.15, 0.2) is 24.5 Å². The third-order valence-corrected chi connectivity index (χ3v) is 3.54. The molecule has 1 saturated heterocycles. The summed E-state index contributed by atoms with van der Waals surface area (Å²) in [5.41, 5.74) is 0.307. The Morgan fingerprint density at radius 2 is 1.95 bits per heavy atom. The van der Waals surface area contributed by atoms with Crippen LogP contribution in [-0.2, 0) is 11.2 Å². The summed E-state index contributed by atoms with van der Waals surface area (Å²) in [7, 11) is 0. The van der Waals surface area contributed by atoms with Crippen molar-refractivity contribution in [2.75, 3.05) is 6.54 Å². The number of carbonyl (C=O) groups is 2. The number of nitrogens with zero attached hydrogens (tertiary/aromatic N) is 2. The van der Waals surface area contributed by atoms with Gasteiger partial charge in [0.1, 0.15) is 5.54 Å². The topological polar surface area (TPSA) is 62.3 Å². The summed E-state index contributed by atoms with van der Waals surface area (Å²) >= 11 is 0. The van der Waals surface area contributed by atoms with E-state index in [0.717, 1.165) is 5.56 Å². The molecule has 2 heterocycles. The number of urea groups is 1. The largest absolute Gasteiger partial charge is 0.325 e. The van der Waals surface area contributed by atoms with Crippen molar-refractivity contribution in [3.63, 3.8) is 0 Å². The Morgan fingerprint density at radius 1 is 1.30 bits per heavy atom. The lowest BCUT2D eigenvalue weighted by molar-refractivity contribution is -0.131. The van der Waals surface area contributed by atoms with Crippen molar-refractivity contribution in [1.29, 1.82) is 0 Å². The first kappa shape index (κ1) is 14.5. The fraction of sp³-hybridized carbons (Fsp3) is 0.533. The summed E-state index contributed by atoms with van der Waals surface area (Å²) in [5.74, 6) is 0.231. The first-order chi connectivity index (χ1) is 9.42. The molecule has 1 aromatic rings. The number of pyridine rings is 1. The Labute approximate surface area is 119 Å². The second-order valence-corrected chi connectivity index (χ2v) is 5.92. The smallest absolute Gasteiger partial charge is 0.323 e. The van der Waals surface area contributed by atoms with Crippen LogP contribution in [0.1, 0.15) is 32.8 Å². The molecule has 0 aromatic carbocycles. The minimum absolute atomic E-state index is 0.120. The zero-order valence-corrected chi connectivity index (χ0v) is 12.2. The standard InChI is InChI=1S/C15H21N3O2/c1-11(2)10-15(3)13(19)18(14(20)17-15)9-6-12-4-7-16-8-5-12/h4-5,7-8,11H,6,9-10H2,1-3H3,(H,17,20). The first-order valence-corrected chi connectivity index (χ1v) is 6.95. The lowest BCUT2D eigenvalue weighted by atomic mass is 9.91. The summed E-state index contributed by atoms with van der Waals surface area (Å²) in [6.07, 6.45) is 4.73. The summed E-state index contributed by atoms with van der Waals surface area (Å²) in [4.78, 5) is 29.7. The molecule has 3 amide bonds. The van der Waals surface area contributed by atoms with Crippen LogP contribution in [0.3, 0.4) is 0 Å². The first-order valence-electron chi connectivity index (χ1n) is 6.95. The Balaban J connectivity index is 2.02. The second kappa shape index (κ2) is 5.61. The van der Waals surface area contributed by atoms with Gasteiger partial charge in [-0.1, -0.05) is 13.8 Å². The number of imide groups is 1. The van der Waals surface area contributed by atoms with E-state index in [1.165, 1.54) is 4.90 Å². The molecular weight excluding hydrogens is 254 g/mol. The Morgan fingerprint density at radius 3 is 2.55 bits per heavy atom. The van der Waals surface area contributed by atoms with Crippen LogP contribution in [0.4, 0.5) is 4.79 Å². The van der Waals surface area contributed by atoms with Gasteiger partial charge in [-0.05, 0) is 43.4 Å². The maximum absolute atomic E-state index is 12.4. The molecule has 0 spiro atoms. The van der Waals surface area contributed by atoms with Gasteiger partial charge in [-0.3, -0.25) is 14.7 Å². The number of hydrogen-bond donors (Lipinski definition) is 1. The minimum atomic E-state index is -0.760. The highest BCUT2D eigenvalue weighted by Gasteiger charge is 2.47. The molecule has 2 rings (SSSR count). The molecule has 1 aromatic heterocycles. The molecule has 1 atom stereocenters. The van der Waals surface area contributed by atoms with Gasteiger partial charge >= 0.3 is 6.03 Å². The highest BCUT2D eigenvalue weighted by molar-refractivity contribution is 6.06. The van der Waals surface area contributed by atoms with Crippen LogP contribution in [0, 0.1) is 5.92 Å².